The number of fused-ring (bicyclic) bond motifs is 1. The standard InChI is InChI=1S/C32H35N3O2S2/c1-22-16-18-32(19-17-22,30(37)34-29-23(2)10-9-11-24(29)3)35(20-25-12-5-4-6-13-25)28(36)21-38-31-33-26-14-7-8-15-27(26)39-31/h4-15,22H,16-21H2,1-3H3,(H,34,37). The number of nitrogens with one attached hydrogen (secondary N) is 1. The molecule has 0 radical (unpaired) electrons. The first-order valence-electron chi connectivity index (χ1n) is 13.6. The highest BCUT2D eigenvalue weighted by Gasteiger charge is 2.48. The molecule has 5 nitrogen and oxygen atoms in total. The van der Waals surface area contributed by atoms with Crippen LogP contribution in [0.4, 0.5) is 5.69 Å². The van der Waals surface area contributed by atoms with Gasteiger partial charge in [-0.2, -0.15) is 0 Å². The SMILES string of the molecule is Cc1cccc(C)c1NC(=O)C1(N(Cc2ccccc2)C(=O)CSc2nc3ccccc3s2)CCC(C)CC1. The zero-order chi connectivity index (χ0) is 27.4. The molecule has 0 spiro atoms. The zero-order valence-corrected chi connectivity index (χ0v) is 24.4. The van der Waals surface area contributed by atoms with E-state index in [2.05, 4.69) is 18.3 Å². The fourth-order valence-corrected chi connectivity index (χ4v) is 7.40. The van der Waals surface area contributed by atoms with Crippen molar-refractivity contribution in [2.45, 2.75) is 62.9 Å². The summed E-state index contributed by atoms with van der Waals surface area (Å²) >= 11 is 3.06. The van der Waals surface area contributed by atoms with Crippen LogP contribution in [0, 0.1) is 19.8 Å². The molecular formula is C32H35N3O2S2. The number of thiazole rings is 1. The predicted molar refractivity (Wildman–Crippen MR) is 162 cm³/mol. The second-order valence-corrected chi connectivity index (χ2v) is 12.9. The van der Waals surface area contributed by atoms with Crippen LogP contribution in [0.1, 0.15) is 49.3 Å². The van der Waals surface area contributed by atoms with Crippen molar-refractivity contribution >= 4 is 50.8 Å². The number of benzene rings is 3. The van der Waals surface area contributed by atoms with Gasteiger partial charge in [-0.3, -0.25) is 9.59 Å². The molecule has 0 atom stereocenters. The van der Waals surface area contributed by atoms with Crippen LogP contribution < -0.4 is 5.32 Å². The van der Waals surface area contributed by atoms with E-state index in [0.717, 1.165) is 49.8 Å². The predicted octanol–water partition coefficient (Wildman–Crippen LogP) is 7.62. The summed E-state index contributed by atoms with van der Waals surface area (Å²) in [5.41, 5.74) is 3.95. The molecule has 1 aliphatic carbocycles. The van der Waals surface area contributed by atoms with E-state index in [1.54, 1.807) is 11.3 Å². The number of rotatable bonds is 8. The van der Waals surface area contributed by atoms with Gasteiger partial charge in [0.05, 0.1) is 16.0 Å². The zero-order valence-electron chi connectivity index (χ0n) is 22.8. The monoisotopic (exact) mass is 557 g/mol. The largest absolute Gasteiger partial charge is 0.324 e. The number of para-hydroxylation sites is 2. The molecule has 5 rings (SSSR count). The normalized spacial score (nSPS) is 19.1. The van der Waals surface area contributed by atoms with E-state index in [-0.39, 0.29) is 17.6 Å². The number of carbonyl (C=O) groups excluding carboxylic acids is 2. The first-order chi connectivity index (χ1) is 18.9. The van der Waals surface area contributed by atoms with E-state index in [9.17, 15) is 9.59 Å². The summed E-state index contributed by atoms with van der Waals surface area (Å²) in [7, 11) is 0. The molecule has 0 unspecified atom stereocenters. The number of amides is 2. The van der Waals surface area contributed by atoms with Crippen LogP contribution in [-0.4, -0.2) is 33.0 Å². The number of hydrogen-bond donors (Lipinski definition) is 1. The molecule has 4 aromatic rings. The van der Waals surface area contributed by atoms with Gasteiger partial charge in [0, 0.05) is 12.2 Å². The molecule has 0 aliphatic heterocycles. The van der Waals surface area contributed by atoms with Gasteiger partial charge >= 0.3 is 0 Å². The van der Waals surface area contributed by atoms with E-state index in [1.807, 2.05) is 85.5 Å². The molecule has 0 bridgehead atoms. The summed E-state index contributed by atoms with van der Waals surface area (Å²) in [6.07, 6.45) is 3.11. The van der Waals surface area contributed by atoms with Crippen molar-refractivity contribution in [2.75, 3.05) is 11.1 Å². The Morgan fingerprint density at radius 3 is 2.33 bits per heavy atom. The number of anilines is 1. The molecule has 1 aliphatic rings. The van der Waals surface area contributed by atoms with Crippen molar-refractivity contribution in [3.05, 3.63) is 89.5 Å². The van der Waals surface area contributed by atoms with Gasteiger partial charge in [-0.05, 0) is 74.3 Å². The Morgan fingerprint density at radius 1 is 0.974 bits per heavy atom. The molecule has 1 aromatic heterocycles. The molecule has 1 fully saturated rings. The van der Waals surface area contributed by atoms with Crippen LogP contribution in [-0.2, 0) is 16.1 Å². The summed E-state index contributed by atoms with van der Waals surface area (Å²) in [4.78, 5) is 35.0. The Morgan fingerprint density at radius 2 is 1.64 bits per heavy atom. The minimum Gasteiger partial charge on any atom is -0.324 e. The molecule has 1 saturated carbocycles. The van der Waals surface area contributed by atoms with Crippen molar-refractivity contribution in [1.29, 1.82) is 0 Å². The molecule has 1 N–H and O–H groups in total. The van der Waals surface area contributed by atoms with E-state index in [0.29, 0.717) is 25.3 Å². The second-order valence-electron chi connectivity index (χ2n) is 10.6. The van der Waals surface area contributed by atoms with Gasteiger partial charge in [0.25, 0.3) is 0 Å². The topological polar surface area (TPSA) is 62.3 Å². The van der Waals surface area contributed by atoms with Crippen LogP contribution in [0.5, 0.6) is 0 Å². The highest BCUT2D eigenvalue weighted by atomic mass is 32.2. The van der Waals surface area contributed by atoms with Crippen LogP contribution in [0.2, 0.25) is 0 Å². The second kappa shape index (κ2) is 11.9. The maximum absolute atomic E-state index is 14.3. The third-order valence-corrected chi connectivity index (χ3v) is 10.0. The van der Waals surface area contributed by atoms with Gasteiger partial charge < -0.3 is 10.2 Å². The summed E-state index contributed by atoms with van der Waals surface area (Å²) in [6, 6.07) is 24.1. The average molecular weight is 558 g/mol. The van der Waals surface area contributed by atoms with Crippen LogP contribution in [0.3, 0.4) is 0 Å². The number of aromatic nitrogens is 1. The van der Waals surface area contributed by atoms with Gasteiger partial charge in [0.15, 0.2) is 4.34 Å². The Hall–Kier alpha value is -3.16. The van der Waals surface area contributed by atoms with Crippen LogP contribution in [0.15, 0.2) is 77.1 Å². The summed E-state index contributed by atoms with van der Waals surface area (Å²) in [6.45, 7) is 6.66. The first-order valence-corrected chi connectivity index (χ1v) is 15.4. The Kier molecular flexibility index (Phi) is 8.38. The Balaban J connectivity index is 1.47. The van der Waals surface area contributed by atoms with Crippen molar-refractivity contribution in [1.82, 2.24) is 9.88 Å². The average Bonchev–Trinajstić information content (AvgIpc) is 3.37. The van der Waals surface area contributed by atoms with Crippen LogP contribution in [0.25, 0.3) is 10.2 Å². The van der Waals surface area contributed by atoms with Gasteiger partial charge in [-0.1, -0.05) is 79.3 Å². The lowest BCUT2D eigenvalue weighted by Gasteiger charge is -2.46. The summed E-state index contributed by atoms with van der Waals surface area (Å²) in [5, 5.41) is 3.27. The molecular weight excluding hydrogens is 523 g/mol. The number of aryl methyl sites for hydroxylation is 2. The third kappa shape index (κ3) is 6.04. The smallest absolute Gasteiger partial charge is 0.250 e. The van der Waals surface area contributed by atoms with Gasteiger partial charge in [-0.25, -0.2) is 4.98 Å². The lowest BCUT2D eigenvalue weighted by Crippen LogP contribution is -2.60. The Bertz CT molecular complexity index is 1410. The molecule has 39 heavy (non-hydrogen) atoms. The van der Waals surface area contributed by atoms with Crippen molar-refractivity contribution in [2.24, 2.45) is 5.92 Å². The minimum absolute atomic E-state index is 0.0330. The number of hydrogen-bond acceptors (Lipinski definition) is 5. The van der Waals surface area contributed by atoms with E-state index >= 15 is 0 Å². The van der Waals surface area contributed by atoms with E-state index < -0.39 is 5.54 Å². The quantitative estimate of drug-likeness (QED) is 0.226. The summed E-state index contributed by atoms with van der Waals surface area (Å²) < 4.78 is 1.98. The van der Waals surface area contributed by atoms with E-state index in [4.69, 9.17) is 4.98 Å². The fraction of sp³-hybridized carbons (Fsp3) is 0.344. The molecule has 2 amide bonds. The van der Waals surface area contributed by atoms with Gasteiger partial charge in [-0.15, -0.1) is 11.3 Å². The molecule has 0 saturated heterocycles. The first kappa shape index (κ1) is 27.4. The molecule has 7 heteroatoms. The lowest BCUT2D eigenvalue weighted by molar-refractivity contribution is -0.147. The summed E-state index contributed by atoms with van der Waals surface area (Å²) in [5.74, 6) is 0.646. The maximum Gasteiger partial charge on any atom is 0.250 e. The molecule has 3 aromatic carbocycles. The minimum atomic E-state index is -0.914. The van der Waals surface area contributed by atoms with Gasteiger partial charge in [0.2, 0.25) is 11.8 Å². The molecule has 1 heterocycles. The lowest BCUT2D eigenvalue weighted by atomic mass is 9.75. The fourth-order valence-electron chi connectivity index (χ4n) is 5.46. The maximum atomic E-state index is 14.3. The Labute approximate surface area is 239 Å². The number of nitrogens with zero attached hydrogens (tertiary/aromatic N) is 2. The van der Waals surface area contributed by atoms with Crippen molar-refractivity contribution in [3.8, 4) is 0 Å². The van der Waals surface area contributed by atoms with Gasteiger partial charge in [0.1, 0.15) is 5.54 Å². The highest BCUT2D eigenvalue weighted by molar-refractivity contribution is 8.01. The number of thioether (sulfide) groups is 1. The van der Waals surface area contributed by atoms with Crippen LogP contribution >= 0.6 is 23.1 Å². The third-order valence-electron chi connectivity index (χ3n) is 7.84. The van der Waals surface area contributed by atoms with E-state index in [1.165, 1.54) is 11.8 Å². The van der Waals surface area contributed by atoms with Crippen molar-refractivity contribution < 1.29 is 9.59 Å². The number of carbonyl (C=O) groups is 2. The molecule has 202 valence electrons. The van der Waals surface area contributed by atoms with Crippen molar-refractivity contribution in [3.63, 3.8) is 0 Å². The highest BCUT2D eigenvalue weighted by Crippen LogP contribution is 2.40.